The Hall–Kier alpha value is -1.28. The molecule has 0 saturated carbocycles. The molecule has 0 unspecified atom stereocenters. The molecule has 0 saturated heterocycles. The molecule has 0 spiro atoms. The van der Waals surface area contributed by atoms with Gasteiger partial charge in [0.1, 0.15) is 0 Å². The van der Waals surface area contributed by atoms with Crippen molar-refractivity contribution in [3.05, 3.63) is 65.2 Å². The predicted molar refractivity (Wildman–Crippen MR) is 80.0 cm³/mol. The molecule has 0 aliphatic carbocycles. The summed E-state index contributed by atoms with van der Waals surface area (Å²) in [5.74, 6) is 0. The minimum absolute atomic E-state index is 0. The van der Waals surface area contributed by atoms with Crippen molar-refractivity contribution in [2.24, 2.45) is 0 Å². The van der Waals surface area contributed by atoms with Gasteiger partial charge in [-0.15, -0.1) is 17.0 Å². The van der Waals surface area contributed by atoms with E-state index in [1.54, 1.807) is 0 Å². The summed E-state index contributed by atoms with van der Waals surface area (Å²) in [6.07, 6.45) is 0. The van der Waals surface area contributed by atoms with E-state index < -0.39 is 0 Å². The number of rotatable bonds is 3. The molecule has 90 valence electrons. The highest BCUT2D eigenvalue weighted by atomic mass is 79.9. The zero-order valence-corrected chi connectivity index (χ0v) is 11.9. The van der Waals surface area contributed by atoms with Gasteiger partial charge < -0.3 is 5.32 Å². The van der Waals surface area contributed by atoms with Crippen LogP contribution in [-0.2, 0) is 6.54 Å². The van der Waals surface area contributed by atoms with Crippen molar-refractivity contribution in [2.75, 3.05) is 5.32 Å². The summed E-state index contributed by atoms with van der Waals surface area (Å²) in [5, 5.41) is 3.47. The Kier molecular flexibility index (Phi) is 5.23. The molecule has 0 fully saturated rings. The molecule has 17 heavy (non-hydrogen) atoms. The summed E-state index contributed by atoms with van der Waals surface area (Å²) in [6.45, 7) is 5.18. The van der Waals surface area contributed by atoms with Crippen molar-refractivity contribution in [1.82, 2.24) is 0 Å². The summed E-state index contributed by atoms with van der Waals surface area (Å²) in [4.78, 5) is 0. The van der Waals surface area contributed by atoms with Gasteiger partial charge in [-0.25, -0.2) is 0 Å². The van der Waals surface area contributed by atoms with E-state index in [1.807, 2.05) is 6.07 Å². The maximum Gasteiger partial charge on any atom is 0.0400 e. The highest BCUT2D eigenvalue weighted by Gasteiger charge is 1.99. The third-order valence-electron chi connectivity index (χ3n) is 2.93. The summed E-state index contributed by atoms with van der Waals surface area (Å²) in [7, 11) is 0. The molecule has 0 heterocycles. The Morgan fingerprint density at radius 3 is 2.29 bits per heavy atom. The van der Waals surface area contributed by atoms with Crippen LogP contribution in [0.25, 0.3) is 0 Å². The summed E-state index contributed by atoms with van der Waals surface area (Å²) >= 11 is 0. The molecule has 0 aromatic heterocycles. The van der Waals surface area contributed by atoms with Crippen LogP contribution in [0.15, 0.2) is 48.5 Å². The van der Waals surface area contributed by atoms with Gasteiger partial charge in [-0.3, -0.25) is 0 Å². The lowest BCUT2D eigenvalue weighted by Crippen LogP contribution is -2.01. The third-order valence-corrected chi connectivity index (χ3v) is 2.93. The van der Waals surface area contributed by atoms with Gasteiger partial charge in [0.15, 0.2) is 0 Å². The minimum Gasteiger partial charge on any atom is -0.381 e. The van der Waals surface area contributed by atoms with Gasteiger partial charge in [0.2, 0.25) is 0 Å². The van der Waals surface area contributed by atoms with Crippen molar-refractivity contribution >= 4 is 22.7 Å². The molecule has 0 radical (unpaired) electrons. The van der Waals surface area contributed by atoms with E-state index in [4.69, 9.17) is 0 Å². The van der Waals surface area contributed by atoms with Gasteiger partial charge in [-0.05, 0) is 36.6 Å². The Labute approximate surface area is 114 Å². The van der Waals surface area contributed by atoms with E-state index in [0.29, 0.717) is 0 Å². The van der Waals surface area contributed by atoms with Crippen LogP contribution in [0.4, 0.5) is 5.69 Å². The van der Waals surface area contributed by atoms with Crippen LogP contribution in [0.2, 0.25) is 0 Å². The lowest BCUT2D eigenvalue weighted by molar-refractivity contribution is 1.13. The fourth-order valence-electron chi connectivity index (χ4n) is 1.74. The first-order valence-corrected chi connectivity index (χ1v) is 5.61. The highest BCUT2D eigenvalue weighted by molar-refractivity contribution is 8.93. The first-order valence-electron chi connectivity index (χ1n) is 5.61. The van der Waals surface area contributed by atoms with Crippen LogP contribution < -0.4 is 5.32 Å². The second kappa shape index (κ2) is 6.45. The Morgan fingerprint density at radius 1 is 0.882 bits per heavy atom. The lowest BCUT2D eigenvalue weighted by atomic mass is 10.1. The number of nitrogens with one attached hydrogen (secondary N) is 1. The van der Waals surface area contributed by atoms with Crippen LogP contribution in [0.1, 0.15) is 16.7 Å². The molecule has 0 amide bonds. The SMILES string of the molecule is Br.Cc1cccc(NCc2ccccc2)c1C. The molecule has 0 atom stereocenters. The van der Waals surface area contributed by atoms with Crippen LogP contribution in [0.3, 0.4) is 0 Å². The minimum atomic E-state index is 0. The standard InChI is InChI=1S/C15H17N.BrH/c1-12-7-6-10-15(13(12)2)16-11-14-8-4-3-5-9-14;/h3-10,16H,11H2,1-2H3;1H. The van der Waals surface area contributed by atoms with Gasteiger partial charge >= 0.3 is 0 Å². The number of benzene rings is 2. The summed E-state index contributed by atoms with van der Waals surface area (Å²) in [5.41, 5.74) is 5.20. The first-order chi connectivity index (χ1) is 7.77. The first kappa shape index (κ1) is 13.8. The van der Waals surface area contributed by atoms with Crippen molar-refractivity contribution in [1.29, 1.82) is 0 Å². The van der Waals surface area contributed by atoms with Gasteiger partial charge in [-0.1, -0.05) is 42.5 Å². The van der Waals surface area contributed by atoms with E-state index in [1.165, 1.54) is 22.4 Å². The van der Waals surface area contributed by atoms with Crippen LogP contribution in [0, 0.1) is 13.8 Å². The maximum atomic E-state index is 3.47. The molecular formula is C15H18BrN. The second-order valence-electron chi connectivity index (χ2n) is 4.09. The lowest BCUT2D eigenvalue weighted by Gasteiger charge is -2.11. The zero-order valence-electron chi connectivity index (χ0n) is 10.2. The molecular weight excluding hydrogens is 274 g/mol. The summed E-state index contributed by atoms with van der Waals surface area (Å²) in [6, 6.07) is 16.8. The number of anilines is 1. The van der Waals surface area contributed by atoms with E-state index in [0.717, 1.165) is 6.54 Å². The summed E-state index contributed by atoms with van der Waals surface area (Å²) < 4.78 is 0. The van der Waals surface area contributed by atoms with E-state index >= 15 is 0 Å². The van der Waals surface area contributed by atoms with Gasteiger partial charge in [0.05, 0.1) is 0 Å². The molecule has 1 N–H and O–H groups in total. The Morgan fingerprint density at radius 2 is 1.59 bits per heavy atom. The molecule has 0 aliphatic heterocycles. The number of hydrogen-bond donors (Lipinski definition) is 1. The number of hydrogen-bond acceptors (Lipinski definition) is 1. The second-order valence-corrected chi connectivity index (χ2v) is 4.09. The van der Waals surface area contributed by atoms with E-state index in [9.17, 15) is 0 Å². The Bertz CT molecular complexity index is 466. The number of halogens is 1. The van der Waals surface area contributed by atoms with Crippen LogP contribution in [0.5, 0.6) is 0 Å². The smallest absolute Gasteiger partial charge is 0.0400 e. The van der Waals surface area contributed by atoms with Crippen LogP contribution >= 0.6 is 17.0 Å². The maximum absolute atomic E-state index is 3.47. The predicted octanol–water partition coefficient (Wildman–Crippen LogP) is 4.49. The van der Waals surface area contributed by atoms with Crippen molar-refractivity contribution in [3.8, 4) is 0 Å². The molecule has 2 heteroatoms. The van der Waals surface area contributed by atoms with Crippen LogP contribution in [-0.4, -0.2) is 0 Å². The molecule has 2 aromatic carbocycles. The van der Waals surface area contributed by atoms with Gasteiger partial charge in [0.25, 0.3) is 0 Å². The zero-order chi connectivity index (χ0) is 11.4. The third kappa shape index (κ3) is 3.60. The fraction of sp³-hybridized carbons (Fsp3) is 0.200. The molecule has 2 aromatic rings. The largest absolute Gasteiger partial charge is 0.381 e. The van der Waals surface area contributed by atoms with E-state index in [2.05, 4.69) is 61.6 Å². The molecule has 1 nitrogen and oxygen atoms in total. The van der Waals surface area contributed by atoms with Crippen molar-refractivity contribution in [3.63, 3.8) is 0 Å². The van der Waals surface area contributed by atoms with E-state index in [-0.39, 0.29) is 17.0 Å². The van der Waals surface area contributed by atoms with Crippen molar-refractivity contribution in [2.45, 2.75) is 20.4 Å². The topological polar surface area (TPSA) is 12.0 Å². The molecule has 2 rings (SSSR count). The molecule has 0 bridgehead atoms. The quantitative estimate of drug-likeness (QED) is 0.878. The van der Waals surface area contributed by atoms with Crippen molar-refractivity contribution < 1.29 is 0 Å². The molecule has 0 aliphatic rings. The van der Waals surface area contributed by atoms with Gasteiger partial charge in [0, 0.05) is 12.2 Å². The fourth-order valence-corrected chi connectivity index (χ4v) is 1.74. The average Bonchev–Trinajstić information content (AvgIpc) is 2.32. The normalized spacial score (nSPS) is 9.53. The average molecular weight is 292 g/mol. The Balaban J connectivity index is 0.00000144. The highest BCUT2D eigenvalue weighted by Crippen LogP contribution is 2.18. The number of aryl methyl sites for hydroxylation is 1. The monoisotopic (exact) mass is 291 g/mol. The van der Waals surface area contributed by atoms with Gasteiger partial charge in [-0.2, -0.15) is 0 Å².